The Hall–Kier alpha value is -3.03. The molecule has 0 spiro atoms. The van der Waals surface area contributed by atoms with Crippen LogP contribution in [0.1, 0.15) is 34.4 Å². The van der Waals surface area contributed by atoms with Crippen molar-refractivity contribution in [2.24, 2.45) is 5.73 Å². The van der Waals surface area contributed by atoms with Crippen LogP contribution in [0.2, 0.25) is 0 Å². The molecule has 24 heavy (non-hydrogen) atoms. The van der Waals surface area contributed by atoms with Crippen molar-refractivity contribution in [1.82, 2.24) is 9.88 Å². The summed E-state index contributed by atoms with van der Waals surface area (Å²) in [4.78, 5) is 34.5. The summed E-state index contributed by atoms with van der Waals surface area (Å²) in [7, 11) is 0. The van der Waals surface area contributed by atoms with Crippen LogP contribution >= 0.6 is 0 Å². The molecule has 8 heteroatoms. The first-order valence-electron chi connectivity index (χ1n) is 7.30. The molecule has 0 saturated carbocycles. The number of aromatic nitrogens is 1. The maximum atomic E-state index is 12.3. The Bertz CT molecular complexity index is 761. The molecular formula is C16H19N3O5. The smallest absolute Gasteiger partial charge is 0.340 e. The number of nitrogens with two attached hydrogens (primary N) is 1. The van der Waals surface area contributed by atoms with Crippen molar-refractivity contribution in [3.05, 3.63) is 47.2 Å². The lowest BCUT2D eigenvalue weighted by Crippen LogP contribution is -2.42. The number of hydrogen-bond acceptors (Lipinski definition) is 5. The van der Waals surface area contributed by atoms with Crippen molar-refractivity contribution in [1.29, 1.82) is 0 Å². The summed E-state index contributed by atoms with van der Waals surface area (Å²) in [6.07, 6.45) is 0.440. The second kappa shape index (κ2) is 7.03. The first kappa shape index (κ1) is 17.3. The molecule has 0 aromatic carbocycles. The predicted molar refractivity (Wildman–Crippen MR) is 84.3 cm³/mol. The van der Waals surface area contributed by atoms with E-state index >= 15 is 0 Å². The van der Waals surface area contributed by atoms with Gasteiger partial charge in [-0.15, -0.1) is 0 Å². The Morgan fingerprint density at radius 2 is 2.08 bits per heavy atom. The molecule has 3 amide bonds. The lowest BCUT2D eigenvalue weighted by molar-refractivity contribution is -0.127. The van der Waals surface area contributed by atoms with Gasteiger partial charge in [-0.05, 0) is 39.0 Å². The normalized spacial score (nSPS) is 11.8. The highest BCUT2D eigenvalue weighted by Gasteiger charge is 2.23. The minimum atomic E-state index is -1.14. The molecule has 2 heterocycles. The summed E-state index contributed by atoms with van der Waals surface area (Å²) >= 11 is 0. The summed E-state index contributed by atoms with van der Waals surface area (Å²) in [6, 6.07) is 4.31. The number of esters is 1. The van der Waals surface area contributed by atoms with Crippen molar-refractivity contribution in [3.63, 3.8) is 0 Å². The van der Waals surface area contributed by atoms with Gasteiger partial charge < -0.3 is 19.5 Å². The Labute approximate surface area is 138 Å². The Kier molecular flexibility index (Phi) is 5.08. The van der Waals surface area contributed by atoms with Crippen molar-refractivity contribution in [2.45, 2.75) is 33.4 Å². The van der Waals surface area contributed by atoms with E-state index < -0.39 is 24.0 Å². The minimum Gasteiger partial charge on any atom is -0.467 e. The summed E-state index contributed by atoms with van der Waals surface area (Å²) in [6.45, 7) is 5.48. The van der Waals surface area contributed by atoms with Crippen molar-refractivity contribution >= 4 is 17.9 Å². The van der Waals surface area contributed by atoms with E-state index in [1.807, 2.05) is 22.9 Å². The molecule has 0 aliphatic carbocycles. The molecule has 2 rings (SSSR count). The summed E-state index contributed by atoms with van der Waals surface area (Å²) in [5.41, 5.74) is 6.75. The van der Waals surface area contributed by atoms with E-state index in [9.17, 15) is 14.4 Å². The number of carbonyl (C=O) groups excluding carboxylic acids is 3. The fraction of sp³-hybridized carbons (Fsp3) is 0.312. The molecule has 0 fully saturated rings. The fourth-order valence-electron chi connectivity index (χ4n) is 2.31. The van der Waals surface area contributed by atoms with Crippen molar-refractivity contribution in [2.75, 3.05) is 0 Å². The van der Waals surface area contributed by atoms with Crippen LogP contribution in [0.5, 0.6) is 0 Å². The van der Waals surface area contributed by atoms with Crippen LogP contribution in [0.15, 0.2) is 28.9 Å². The number of imide groups is 1. The highest BCUT2D eigenvalue weighted by molar-refractivity contribution is 5.98. The minimum absolute atomic E-state index is 0.345. The second-order valence-corrected chi connectivity index (χ2v) is 5.35. The van der Waals surface area contributed by atoms with E-state index in [0.717, 1.165) is 11.5 Å². The first-order valence-corrected chi connectivity index (χ1v) is 7.30. The number of ether oxygens (including phenoxy) is 1. The molecule has 0 aliphatic rings. The van der Waals surface area contributed by atoms with Crippen LogP contribution in [-0.4, -0.2) is 28.6 Å². The zero-order valence-electron chi connectivity index (χ0n) is 13.7. The van der Waals surface area contributed by atoms with Crippen LogP contribution in [0.25, 0.3) is 0 Å². The molecule has 2 aromatic rings. The Balaban J connectivity index is 2.13. The maximum absolute atomic E-state index is 12.3. The van der Waals surface area contributed by atoms with Gasteiger partial charge in [-0.1, -0.05) is 0 Å². The number of hydrogen-bond donors (Lipinski definition) is 2. The number of nitrogens with zero attached hydrogens (tertiary/aromatic N) is 1. The fourth-order valence-corrected chi connectivity index (χ4v) is 2.31. The Morgan fingerprint density at radius 1 is 1.38 bits per heavy atom. The number of primary amides is 1. The van der Waals surface area contributed by atoms with Gasteiger partial charge in [0.15, 0.2) is 6.10 Å². The van der Waals surface area contributed by atoms with Gasteiger partial charge in [0.05, 0.1) is 18.4 Å². The highest BCUT2D eigenvalue weighted by Crippen LogP contribution is 2.19. The molecule has 3 N–H and O–H groups in total. The largest absolute Gasteiger partial charge is 0.467 e. The highest BCUT2D eigenvalue weighted by atomic mass is 16.5. The lowest BCUT2D eigenvalue weighted by Gasteiger charge is -2.12. The molecule has 8 nitrogen and oxygen atoms in total. The van der Waals surface area contributed by atoms with Crippen molar-refractivity contribution < 1.29 is 23.5 Å². The van der Waals surface area contributed by atoms with Gasteiger partial charge in [0.1, 0.15) is 5.76 Å². The van der Waals surface area contributed by atoms with Crippen LogP contribution in [0.3, 0.4) is 0 Å². The van der Waals surface area contributed by atoms with Gasteiger partial charge >= 0.3 is 12.0 Å². The van der Waals surface area contributed by atoms with Gasteiger partial charge in [0.25, 0.3) is 5.91 Å². The number of aryl methyl sites for hydroxylation is 1. The number of nitrogens with one attached hydrogen (secondary N) is 1. The predicted octanol–water partition coefficient (Wildman–Crippen LogP) is 1.49. The molecule has 0 aliphatic heterocycles. The summed E-state index contributed by atoms with van der Waals surface area (Å²) in [5.74, 6) is -0.674. The average Bonchev–Trinajstić information content (AvgIpc) is 3.10. The van der Waals surface area contributed by atoms with Gasteiger partial charge in [0, 0.05) is 11.4 Å². The van der Waals surface area contributed by atoms with Crippen LogP contribution in [0, 0.1) is 13.8 Å². The van der Waals surface area contributed by atoms with E-state index in [4.69, 9.17) is 14.9 Å². The molecule has 0 saturated heterocycles. The topological polar surface area (TPSA) is 117 Å². The first-order chi connectivity index (χ1) is 11.3. The molecule has 0 radical (unpaired) electrons. The molecule has 1 atom stereocenters. The van der Waals surface area contributed by atoms with E-state index in [0.29, 0.717) is 17.8 Å². The number of rotatable bonds is 5. The van der Waals surface area contributed by atoms with E-state index in [2.05, 4.69) is 0 Å². The second-order valence-electron chi connectivity index (χ2n) is 5.35. The van der Waals surface area contributed by atoms with Gasteiger partial charge in [-0.3, -0.25) is 10.1 Å². The number of furan rings is 1. The summed E-state index contributed by atoms with van der Waals surface area (Å²) < 4.78 is 12.3. The third kappa shape index (κ3) is 3.83. The molecular weight excluding hydrogens is 314 g/mol. The van der Waals surface area contributed by atoms with Gasteiger partial charge in [0.2, 0.25) is 0 Å². The molecule has 128 valence electrons. The zero-order chi connectivity index (χ0) is 17.9. The molecule has 0 unspecified atom stereocenters. The SMILES string of the molecule is Cc1cc(C(=O)O[C@H](C)C(=O)NC(N)=O)c(C)n1Cc1ccco1. The molecule has 2 aromatic heterocycles. The van der Waals surface area contributed by atoms with Crippen LogP contribution in [-0.2, 0) is 16.1 Å². The Morgan fingerprint density at radius 3 is 2.67 bits per heavy atom. The number of urea groups is 1. The monoisotopic (exact) mass is 333 g/mol. The number of amides is 3. The van der Waals surface area contributed by atoms with Crippen LogP contribution in [0.4, 0.5) is 4.79 Å². The third-order valence-corrected chi connectivity index (χ3v) is 3.59. The van der Waals surface area contributed by atoms with E-state index in [-0.39, 0.29) is 0 Å². The van der Waals surface area contributed by atoms with Gasteiger partial charge in [-0.2, -0.15) is 0 Å². The van der Waals surface area contributed by atoms with E-state index in [1.165, 1.54) is 6.92 Å². The zero-order valence-corrected chi connectivity index (χ0v) is 13.7. The maximum Gasteiger partial charge on any atom is 0.340 e. The van der Waals surface area contributed by atoms with Crippen molar-refractivity contribution in [3.8, 4) is 0 Å². The standard InChI is InChI=1S/C16H19N3O5/c1-9-7-13(10(2)19(9)8-12-5-4-6-23-12)15(21)24-11(3)14(20)18-16(17)22/h4-7,11H,8H2,1-3H3,(H3,17,18,20,22)/t11-/m1/s1. The lowest BCUT2D eigenvalue weighted by atomic mass is 10.2. The summed E-state index contributed by atoms with van der Waals surface area (Å²) in [5, 5.41) is 1.87. The van der Waals surface area contributed by atoms with Crippen LogP contribution < -0.4 is 11.1 Å². The van der Waals surface area contributed by atoms with Gasteiger partial charge in [-0.25, -0.2) is 9.59 Å². The number of carbonyl (C=O) groups is 3. The third-order valence-electron chi connectivity index (χ3n) is 3.59. The average molecular weight is 333 g/mol. The van der Waals surface area contributed by atoms with E-state index in [1.54, 1.807) is 25.3 Å². The molecule has 0 bridgehead atoms. The quantitative estimate of drug-likeness (QED) is 0.804.